The van der Waals surface area contributed by atoms with Crippen LogP contribution in [-0.2, 0) is 66.4 Å². The Hall–Kier alpha value is -16.5. The average molecular weight is 1870 g/mol. The number of aromatic nitrogens is 6. The Kier molecular flexibility index (Phi) is 28.6. The number of aryl methyl sites for hydroxylation is 4. The van der Waals surface area contributed by atoms with Gasteiger partial charge in [-0.3, -0.25) is 18.2 Å². The lowest BCUT2D eigenvalue weighted by Gasteiger charge is -2.13. The Morgan fingerprint density at radius 2 is 0.500 bits per heavy atom. The van der Waals surface area contributed by atoms with Crippen molar-refractivity contribution in [2.24, 2.45) is 81.8 Å². The molecule has 42 heteroatoms. The van der Waals surface area contributed by atoms with Gasteiger partial charge < -0.3 is 21.3 Å². The highest BCUT2D eigenvalue weighted by molar-refractivity contribution is 7.86. The maximum absolute atomic E-state index is 12.6. The van der Waals surface area contributed by atoms with Gasteiger partial charge in [0.1, 0.15) is 32.8 Å². The van der Waals surface area contributed by atoms with Gasteiger partial charge in [-0.15, -0.1) is 10.2 Å². The van der Waals surface area contributed by atoms with Gasteiger partial charge in [-0.25, -0.2) is 4.98 Å². The number of anilines is 6. The van der Waals surface area contributed by atoms with E-state index >= 15 is 0 Å². The van der Waals surface area contributed by atoms with E-state index in [-0.39, 0.29) is 63.4 Å². The van der Waals surface area contributed by atoms with E-state index in [4.69, 9.17) is 29.9 Å². The smallest absolute Gasteiger partial charge is 0.296 e. The number of nitrogens with one attached hydrogen (secondary N) is 4. The molecule has 0 saturated heterocycles. The largest absolute Gasteiger partial charge is 0.350 e. The summed E-state index contributed by atoms with van der Waals surface area (Å²) in [6, 6.07) is 79.6. The van der Waals surface area contributed by atoms with Crippen LogP contribution in [0.25, 0.3) is 0 Å². The topological polar surface area (TPSA) is 541 Å². The Labute approximate surface area is 767 Å². The average Bonchev–Trinajstić information content (AvgIpc) is 0.807. The summed E-state index contributed by atoms with van der Waals surface area (Å²) in [4.78, 5) is 27.6. The van der Waals surface area contributed by atoms with Crippen LogP contribution in [0.3, 0.4) is 0 Å². The van der Waals surface area contributed by atoms with Gasteiger partial charge in [-0.2, -0.15) is 130 Å². The summed E-state index contributed by atoms with van der Waals surface area (Å²) in [6.45, 7) is 7.94. The second kappa shape index (κ2) is 41.5. The van der Waals surface area contributed by atoms with E-state index in [0.717, 1.165) is 45.5 Å². The number of hydrogen-bond acceptors (Lipinski definition) is 34. The van der Waals surface area contributed by atoms with Crippen LogP contribution in [0.5, 0.6) is 0 Å². The standard InChI is InChI=1S/C92H76N26O12S4/c1-57-47-63(19-41-79(57)113-109-69-25-21-67(22-26-69)105-107-71-29-37-77(38-30-71)131(119,120)121)51-87-97-88(52-64-20-42-80(58(2)48-64)115-117-83-45-35-75(53-85(83)133(125,126)127)111-103-65-11-7-5-8-12-65)99-89(98-87)93-55-61-15-17-62(18-16-61)56-94-90-100-91(95-73-33-43-81(59(3)49-73)114-110-70-27-23-68(24-28-70)106-108-72-31-39-78(40-32-72)132(122,123)124)102-92(101-90)96-74-34-44-82(60(4)50-74)116-118-84-46-36-76(54-86(84)134(128,129)130)112-104-66-13-9-6-10-14-66/h5-50,53-54H,51-52,55-56H2,1-4H3,(H,119,120,121)(H,122,123,124)(H,125,126,127)(H,128,129,130)(H,93,97,98,99)(H3,94,95,96,100,101,102). The minimum absolute atomic E-state index is 0.118. The molecule has 670 valence electrons. The van der Waals surface area contributed by atoms with Gasteiger partial charge in [0.25, 0.3) is 40.5 Å². The molecular weight excluding hydrogens is 1790 g/mol. The van der Waals surface area contributed by atoms with E-state index in [1.807, 2.05) is 93.6 Å². The first kappa shape index (κ1) is 92.2. The molecule has 13 aromatic carbocycles. The quantitative estimate of drug-likeness (QED) is 0.0137. The van der Waals surface area contributed by atoms with E-state index < -0.39 is 50.3 Å². The molecule has 0 spiro atoms. The molecule has 2 heterocycles. The van der Waals surface area contributed by atoms with Crippen molar-refractivity contribution in [1.82, 2.24) is 29.9 Å². The first-order valence-corrected chi connectivity index (χ1v) is 46.2. The summed E-state index contributed by atoms with van der Waals surface area (Å²) in [7, 11) is -18.3. The van der Waals surface area contributed by atoms with Crippen LogP contribution in [0.15, 0.2) is 393 Å². The lowest BCUT2D eigenvalue weighted by Crippen LogP contribution is -2.11. The van der Waals surface area contributed by atoms with Gasteiger partial charge in [-0.05, 0) is 278 Å². The summed E-state index contributed by atoms with van der Waals surface area (Å²) in [5, 5.41) is 81.7. The zero-order valence-corrected chi connectivity index (χ0v) is 74.3. The van der Waals surface area contributed by atoms with Crippen molar-refractivity contribution < 1.29 is 51.9 Å². The van der Waals surface area contributed by atoms with E-state index in [1.165, 1.54) is 72.8 Å². The highest BCUT2D eigenvalue weighted by Gasteiger charge is 2.22. The van der Waals surface area contributed by atoms with Crippen molar-refractivity contribution in [3.8, 4) is 0 Å². The molecule has 38 nitrogen and oxygen atoms in total. The molecule has 15 rings (SSSR count). The number of azo groups is 8. The van der Waals surface area contributed by atoms with Crippen LogP contribution in [0.2, 0.25) is 0 Å². The molecule has 2 aromatic heterocycles. The monoisotopic (exact) mass is 1860 g/mol. The van der Waals surface area contributed by atoms with Crippen molar-refractivity contribution in [2.45, 2.75) is 73.2 Å². The van der Waals surface area contributed by atoms with E-state index in [9.17, 15) is 51.9 Å². The van der Waals surface area contributed by atoms with Gasteiger partial charge >= 0.3 is 0 Å². The van der Waals surface area contributed by atoms with Crippen molar-refractivity contribution in [1.29, 1.82) is 0 Å². The minimum atomic E-state index is -4.79. The number of hydrogen-bond donors (Lipinski definition) is 8. The Balaban J connectivity index is 0.649. The van der Waals surface area contributed by atoms with Crippen molar-refractivity contribution >= 4 is 167 Å². The molecule has 0 radical (unpaired) electrons. The SMILES string of the molecule is Cc1cc(Cc2nc(Cc3ccc(N=Nc4ccc(N=Nc5ccccc5)cc4S(=O)(=O)O)c(C)c3)nc(NCc3ccc(CNc4nc(Nc5ccc(N=Nc6ccc(N=Nc7ccc(S(=O)(=O)O)cc7)cc6)c(C)c5)nc(Nc5ccc(N=Nc6ccc(N=Nc7ccccc7)cc6S(=O)(=O)O)c(C)c5)n4)cc3)n2)ccc1N=Nc1ccc(N=Nc2ccc(S(=O)(=O)O)cc2)cc1. The van der Waals surface area contributed by atoms with E-state index in [0.29, 0.717) is 121 Å². The predicted octanol–water partition coefficient (Wildman–Crippen LogP) is 25.5. The first-order valence-electron chi connectivity index (χ1n) is 40.4. The molecule has 15 aromatic rings. The summed E-state index contributed by atoms with van der Waals surface area (Å²) in [6.07, 6.45) is 0.547. The van der Waals surface area contributed by atoms with Crippen molar-refractivity contribution in [3.63, 3.8) is 0 Å². The summed E-state index contributed by atoms with van der Waals surface area (Å²) in [5.41, 5.74) is 13.4. The van der Waals surface area contributed by atoms with Gasteiger partial charge in [0.2, 0.25) is 23.8 Å². The highest BCUT2D eigenvalue weighted by Crippen LogP contribution is 2.38. The van der Waals surface area contributed by atoms with Crippen LogP contribution in [0, 0.1) is 27.7 Å². The van der Waals surface area contributed by atoms with Crippen molar-refractivity contribution in [2.75, 3.05) is 21.3 Å². The van der Waals surface area contributed by atoms with Crippen LogP contribution in [0.4, 0.5) is 126 Å². The third-order valence-corrected chi connectivity index (χ3v) is 23.1. The Morgan fingerprint density at radius 3 is 0.828 bits per heavy atom. The third-order valence-electron chi connectivity index (χ3n) is 19.6. The maximum Gasteiger partial charge on any atom is 0.296 e. The normalized spacial score (nSPS) is 12.3. The van der Waals surface area contributed by atoms with E-state index in [1.54, 1.807) is 140 Å². The molecular formula is C92H76N26O12S4. The van der Waals surface area contributed by atoms with Gasteiger partial charge in [0, 0.05) is 37.3 Å². The number of rotatable bonds is 34. The zero-order valence-electron chi connectivity index (χ0n) is 71.1. The number of benzene rings is 13. The molecule has 0 bridgehead atoms. The zero-order chi connectivity index (χ0) is 93.9. The molecule has 0 unspecified atom stereocenters. The van der Waals surface area contributed by atoms with Gasteiger partial charge in [-0.1, -0.05) is 84.9 Å². The second-order valence-corrected chi connectivity index (χ2v) is 35.3. The third kappa shape index (κ3) is 26.0. The molecule has 134 heavy (non-hydrogen) atoms. The fourth-order valence-electron chi connectivity index (χ4n) is 12.7. The molecule has 8 N–H and O–H groups in total. The highest BCUT2D eigenvalue weighted by atomic mass is 32.2. The second-order valence-electron chi connectivity index (χ2n) is 29.7. The molecule has 0 saturated carbocycles. The van der Waals surface area contributed by atoms with Crippen molar-refractivity contribution in [3.05, 3.63) is 347 Å². The molecule has 0 amide bonds. The summed E-state index contributed by atoms with van der Waals surface area (Å²) < 4.78 is 136. The Morgan fingerprint density at radius 1 is 0.239 bits per heavy atom. The fraction of sp³-hybridized carbons (Fsp3) is 0.0870. The van der Waals surface area contributed by atoms with Crippen LogP contribution < -0.4 is 21.3 Å². The van der Waals surface area contributed by atoms with Crippen LogP contribution in [0.1, 0.15) is 56.2 Å². The molecule has 0 atom stereocenters. The number of nitrogens with zero attached hydrogens (tertiary/aromatic N) is 22. The predicted molar refractivity (Wildman–Crippen MR) is 502 cm³/mol. The lowest BCUT2D eigenvalue weighted by molar-refractivity contribution is 0.481. The Bertz CT molecular complexity index is 7200. The van der Waals surface area contributed by atoms with Crippen LogP contribution >= 0.6 is 0 Å². The van der Waals surface area contributed by atoms with Crippen LogP contribution in [-0.4, -0.2) is 81.8 Å². The lowest BCUT2D eigenvalue weighted by atomic mass is 10.1. The molecule has 0 aliphatic heterocycles. The maximum atomic E-state index is 12.6. The van der Waals surface area contributed by atoms with Gasteiger partial charge in [0.15, 0.2) is 0 Å². The summed E-state index contributed by atoms with van der Waals surface area (Å²) in [5.74, 6) is 1.68. The summed E-state index contributed by atoms with van der Waals surface area (Å²) >= 11 is 0. The molecule has 0 aliphatic carbocycles. The van der Waals surface area contributed by atoms with Gasteiger partial charge in [0.05, 0.1) is 89.4 Å². The molecule has 0 aliphatic rings. The fourth-order valence-corrected chi connectivity index (χ4v) is 15.0. The minimum Gasteiger partial charge on any atom is -0.350 e. The van der Waals surface area contributed by atoms with E-state index in [2.05, 4.69) is 103 Å². The molecule has 0 fully saturated rings. The first-order chi connectivity index (χ1) is 64.4.